The van der Waals surface area contributed by atoms with Crippen LogP contribution < -0.4 is 0 Å². The summed E-state index contributed by atoms with van der Waals surface area (Å²) in [6, 6.07) is 9.11. The van der Waals surface area contributed by atoms with Crippen LogP contribution in [0.25, 0.3) is 10.4 Å². The third-order valence-corrected chi connectivity index (χ3v) is 5.59. The standard InChI is InChI=1S/C18H18F3NO2S/c19-18(20,21)14-3-1-12(2-4-14)16-6-5-15(25-16)11-22-9-7-13(8-10-22)17(23)24/h1-6,13H,7-11H2,(H,23,24). The lowest BCUT2D eigenvalue weighted by molar-refractivity contribution is -0.143. The Balaban J connectivity index is 1.62. The highest BCUT2D eigenvalue weighted by molar-refractivity contribution is 7.15. The van der Waals surface area contributed by atoms with Crippen molar-refractivity contribution in [3.63, 3.8) is 0 Å². The predicted octanol–water partition coefficient (Wildman–Crippen LogP) is 4.73. The van der Waals surface area contributed by atoms with E-state index < -0.39 is 17.7 Å². The van der Waals surface area contributed by atoms with Crippen molar-refractivity contribution < 1.29 is 23.1 Å². The lowest BCUT2D eigenvalue weighted by atomic mass is 9.97. The zero-order valence-electron chi connectivity index (χ0n) is 13.4. The number of aliphatic carboxylic acids is 1. The summed E-state index contributed by atoms with van der Waals surface area (Å²) >= 11 is 1.56. The fourth-order valence-electron chi connectivity index (χ4n) is 3.00. The zero-order chi connectivity index (χ0) is 18.0. The van der Waals surface area contributed by atoms with Gasteiger partial charge in [-0.1, -0.05) is 12.1 Å². The van der Waals surface area contributed by atoms with Crippen LogP contribution in [0.5, 0.6) is 0 Å². The van der Waals surface area contributed by atoms with Gasteiger partial charge in [0.05, 0.1) is 11.5 Å². The highest BCUT2D eigenvalue weighted by Crippen LogP contribution is 2.33. The molecular formula is C18H18F3NO2S. The number of hydrogen-bond donors (Lipinski definition) is 1. The number of hydrogen-bond acceptors (Lipinski definition) is 3. The molecule has 1 aliphatic heterocycles. The summed E-state index contributed by atoms with van der Waals surface area (Å²) in [7, 11) is 0. The van der Waals surface area contributed by atoms with E-state index in [4.69, 9.17) is 5.11 Å². The number of benzene rings is 1. The predicted molar refractivity (Wildman–Crippen MR) is 90.4 cm³/mol. The van der Waals surface area contributed by atoms with Crippen molar-refractivity contribution in [2.75, 3.05) is 13.1 Å². The van der Waals surface area contributed by atoms with Crippen molar-refractivity contribution in [3.05, 3.63) is 46.8 Å². The van der Waals surface area contributed by atoms with Crippen LogP contribution in [0.15, 0.2) is 36.4 Å². The highest BCUT2D eigenvalue weighted by atomic mass is 32.1. The molecule has 0 aliphatic carbocycles. The van der Waals surface area contributed by atoms with Crippen LogP contribution in [0.4, 0.5) is 13.2 Å². The number of likely N-dealkylation sites (tertiary alicyclic amines) is 1. The molecule has 7 heteroatoms. The van der Waals surface area contributed by atoms with E-state index in [1.165, 1.54) is 12.1 Å². The summed E-state index contributed by atoms with van der Waals surface area (Å²) in [4.78, 5) is 15.3. The van der Waals surface area contributed by atoms with E-state index in [0.29, 0.717) is 12.8 Å². The lowest BCUT2D eigenvalue weighted by Gasteiger charge is -2.29. The van der Waals surface area contributed by atoms with Crippen LogP contribution in [0.1, 0.15) is 23.3 Å². The molecule has 3 rings (SSSR count). The molecule has 0 amide bonds. The maximum atomic E-state index is 12.6. The van der Waals surface area contributed by atoms with Gasteiger partial charge in [-0.3, -0.25) is 9.69 Å². The van der Waals surface area contributed by atoms with Gasteiger partial charge < -0.3 is 5.11 Å². The summed E-state index contributed by atoms with van der Waals surface area (Å²) in [5.41, 5.74) is 0.128. The van der Waals surface area contributed by atoms with Gasteiger partial charge in [0.1, 0.15) is 0 Å². The first-order valence-electron chi connectivity index (χ1n) is 8.04. The van der Waals surface area contributed by atoms with Crippen molar-refractivity contribution in [2.45, 2.75) is 25.6 Å². The quantitative estimate of drug-likeness (QED) is 0.847. The average molecular weight is 369 g/mol. The lowest BCUT2D eigenvalue weighted by Crippen LogP contribution is -2.35. The molecular weight excluding hydrogens is 351 g/mol. The smallest absolute Gasteiger partial charge is 0.416 e. The van der Waals surface area contributed by atoms with E-state index in [2.05, 4.69) is 4.90 Å². The monoisotopic (exact) mass is 369 g/mol. The van der Waals surface area contributed by atoms with E-state index in [0.717, 1.165) is 47.1 Å². The minimum absolute atomic E-state index is 0.248. The molecule has 0 spiro atoms. The Hall–Kier alpha value is -1.86. The van der Waals surface area contributed by atoms with E-state index in [1.807, 2.05) is 12.1 Å². The number of carbonyl (C=O) groups is 1. The van der Waals surface area contributed by atoms with Crippen molar-refractivity contribution >= 4 is 17.3 Å². The SMILES string of the molecule is O=C(O)C1CCN(Cc2ccc(-c3ccc(C(F)(F)F)cc3)s2)CC1. The largest absolute Gasteiger partial charge is 0.481 e. The molecule has 1 aromatic carbocycles. The molecule has 1 aromatic heterocycles. The number of carboxylic acid groups (broad SMARTS) is 1. The van der Waals surface area contributed by atoms with Crippen LogP contribution in [0, 0.1) is 5.92 Å². The maximum Gasteiger partial charge on any atom is 0.416 e. The zero-order valence-corrected chi connectivity index (χ0v) is 14.2. The first-order chi connectivity index (χ1) is 11.8. The Labute approximate surface area is 147 Å². The molecule has 25 heavy (non-hydrogen) atoms. The van der Waals surface area contributed by atoms with Gasteiger partial charge in [0, 0.05) is 16.3 Å². The van der Waals surface area contributed by atoms with Gasteiger partial charge in [-0.2, -0.15) is 13.2 Å². The van der Waals surface area contributed by atoms with Gasteiger partial charge in [-0.15, -0.1) is 11.3 Å². The van der Waals surface area contributed by atoms with Crippen molar-refractivity contribution in [1.82, 2.24) is 4.90 Å². The molecule has 0 unspecified atom stereocenters. The van der Waals surface area contributed by atoms with Gasteiger partial charge in [0.2, 0.25) is 0 Å². The first kappa shape index (κ1) is 17.9. The van der Waals surface area contributed by atoms with Gasteiger partial charge in [-0.05, 0) is 55.8 Å². The average Bonchev–Trinajstić information content (AvgIpc) is 3.03. The number of halogens is 3. The molecule has 1 fully saturated rings. The first-order valence-corrected chi connectivity index (χ1v) is 8.86. The molecule has 1 N–H and O–H groups in total. The number of alkyl halides is 3. The molecule has 2 aromatic rings. The van der Waals surface area contributed by atoms with Crippen LogP contribution >= 0.6 is 11.3 Å². The molecule has 0 radical (unpaired) electrons. The van der Waals surface area contributed by atoms with Gasteiger partial charge in [-0.25, -0.2) is 0 Å². The maximum absolute atomic E-state index is 12.6. The number of piperidine rings is 1. The highest BCUT2D eigenvalue weighted by Gasteiger charge is 2.30. The summed E-state index contributed by atoms with van der Waals surface area (Å²) < 4.78 is 37.9. The molecule has 2 heterocycles. The van der Waals surface area contributed by atoms with Crippen LogP contribution in [-0.2, 0) is 17.5 Å². The molecule has 1 aliphatic rings. The fourth-order valence-corrected chi connectivity index (χ4v) is 4.06. The third-order valence-electron chi connectivity index (χ3n) is 4.47. The summed E-state index contributed by atoms with van der Waals surface area (Å²) in [6.07, 6.45) is -3.00. The van der Waals surface area contributed by atoms with Crippen molar-refractivity contribution in [2.24, 2.45) is 5.92 Å². The van der Waals surface area contributed by atoms with Crippen LogP contribution in [-0.4, -0.2) is 29.1 Å². The molecule has 0 atom stereocenters. The Morgan fingerprint density at radius 2 is 1.76 bits per heavy atom. The summed E-state index contributed by atoms with van der Waals surface area (Å²) in [6.45, 7) is 2.26. The van der Waals surface area contributed by atoms with Gasteiger partial charge in [0.25, 0.3) is 0 Å². The second kappa shape index (κ2) is 7.17. The molecule has 0 saturated carbocycles. The molecule has 134 valence electrons. The second-order valence-corrected chi connectivity index (χ2v) is 7.40. The second-order valence-electron chi connectivity index (χ2n) is 6.23. The van der Waals surface area contributed by atoms with E-state index in [9.17, 15) is 18.0 Å². The van der Waals surface area contributed by atoms with Crippen molar-refractivity contribution in [1.29, 1.82) is 0 Å². The van der Waals surface area contributed by atoms with E-state index >= 15 is 0 Å². The van der Waals surface area contributed by atoms with Crippen molar-refractivity contribution in [3.8, 4) is 10.4 Å². The van der Waals surface area contributed by atoms with Crippen LogP contribution in [0.2, 0.25) is 0 Å². The normalized spacial score (nSPS) is 16.9. The number of carboxylic acids is 1. The fraction of sp³-hybridized carbons (Fsp3) is 0.389. The topological polar surface area (TPSA) is 40.5 Å². The Bertz CT molecular complexity index is 732. The number of nitrogens with zero attached hydrogens (tertiary/aromatic N) is 1. The number of rotatable bonds is 4. The Kier molecular flexibility index (Phi) is 5.15. The Morgan fingerprint density at radius 1 is 1.12 bits per heavy atom. The van der Waals surface area contributed by atoms with Crippen LogP contribution in [0.3, 0.4) is 0 Å². The van der Waals surface area contributed by atoms with E-state index in [1.54, 1.807) is 11.3 Å². The number of thiophene rings is 1. The summed E-state index contributed by atoms with van der Waals surface area (Å²) in [5, 5.41) is 9.03. The minimum atomic E-state index is -4.32. The van der Waals surface area contributed by atoms with E-state index in [-0.39, 0.29) is 5.92 Å². The molecule has 0 bridgehead atoms. The third kappa shape index (κ3) is 4.41. The minimum Gasteiger partial charge on any atom is -0.481 e. The Morgan fingerprint density at radius 3 is 2.32 bits per heavy atom. The van der Waals surface area contributed by atoms with Gasteiger partial charge >= 0.3 is 12.1 Å². The molecule has 3 nitrogen and oxygen atoms in total. The van der Waals surface area contributed by atoms with Gasteiger partial charge in [0.15, 0.2) is 0 Å². The summed E-state index contributed by atoms with van der Waals surface area (Å²) in [5.74, 6) is -0.970. The molecule has 1 saturated heterocycles.